The standard InChI is InChI=1S/C21H24N4O3/c26-20(11-14-3-4-18-19(10-14)28-9-8-27-18)25-7-5-16-15(13-25)12-23-21(24-16)17-2-1-6-22-17/h3-4,10,12,17,22H,1-2,5-9,11,13H2. The van der Waals surface area contributed by atoms with E-state index in [9.17, 15) is 4.79 Å². The molecular weight excluding hydrogens is 356 g/mol. The van der Waals surface area contributed by atoms with Crippen LogP contribution in [0.15, 0.2) is 24.4 Å². The number of benzene rings is 1. The van der Waals surface area contributed by atoms with Crippen molar-refractivity contribution in [1.29, 1.82) is 0 Å². The number of rotatable bonds is 3. The summed E-state index contributed by atoms with van der Waals surface area (Å²) in [7, 11) is 0. The van der Waals surface area contributed by atoms with E-state index in [-0.39, 0.29) is 11.9 Å². The van der Waals surface area contributed by atoms with Gasteiger partial charge in [0.05, 0.1) is 18.2 Å². The van der Waals surface area contributed by atoms with Crippen LogP contribution in [0.4, 0.5) is 0 Å². The second-order valence-corrected chi connectivity index (χ2v) is 7.57. The number of hydrogen-bond acceptors (Lipinski definition) is 6. The van der Waals surface area contributed by atoms with E-state index in [1.165, 1.54) is 6.42 Å². The van der Waals surface area contributed by atoms with Crippen molar-refractivity contribution in [3.05, 3.63) is 47.0 Å². The van der Waals surface area contributed by atoms with E-state index in [0.29, 0.717) is 32.7 Å². The molecule has 1 fully saturated rings. The van der Waals surface area contributed by atoms with E-state index in [1.807, 2.05) is 29.3 Å². The fraction of sp³-hybridized carbons (Fsp3) is 0.476. The zero-order valence-corrected chi connectivity index (χ0v) is 15.8. The van der Waals surface area contributed by atoms with Gasteiger partial charge in [-0.25, -0.2) is 9.97 Å². The molecule has 1 saturated heterocycles. The van der Waals surface area contributed by atoms with Gasteiger partial charge in [0.2, 0.25) is 5.91 Å². The van der Waals surface area contributed by atoms with Gasteiger partial charge < -0.3 is 19.7 Å². The lowest BCUT2D eigenvalue weighted by Gasteiger charge is -2.29. The van der Waals surface area contributed by atoms with E-state index >= 15 is 0 Å². The average Bonchev–Trinajstić information content (AvgIpc) is 3.28. The number of nitrogens with zero attached hydrogens (tertiary/aromatic N) is 3. The van der Waals surface area contributed by atoms with Crippen LogP contribution in [0.2, 0.25) is 0 Å². The third-order valence-corrected chi connectivity index (χ3v) is 5.64. The van der Waals surface area contributed by atoms with Crippen LogP contribution in [-0.2, 0) is 24.2 Å². The number of aromatic nitrogens is 2. The van der Waals surface area contributed by atoms with Gasteiger partial charge >= 0.3 is 0 Å². The second kappa shape index (κ2) is 7.39. The summed E-state index contributed by atoms with van der Waals surface area (Å²) >= 11 is 0. The van der Waals surface area contributed by atoms with Crippen LogP contribution in [-0.4, -0.2) is 47.1 Å². The van der Waals surface area contributed by atoms with Crippen molar-refractivity contribution in [2.45, 2.75) is 38.3 Å². The number of fused-ring (bicyclic) bond motifs is 2. The van der Waals surface area contributed by atoms with Gasteiger partial charge in [-0.2, -0.15) is 0 Å². The van der Waals surface area contributed by atoms with Gasteiger partial charge in [-0.1, -0.05) is 6.07 Å². The lowest BCUT2D eigenvalue weighted by atomic mass is 10.0. The van der Waals surface area contributed by atoms with Crippen LogP contribution < -0.4 is 14.8 Å². The quantitative estimate of drug-likeness (QED) is 0.875. The first kappa shape index (κ1) is 17.4. The Bertz CT molecular complexity index is 895. The van der Waals surface area contributed by atoms with E-state index in [4.69, 9.17) is 14.5 Å². The highest BCUT2D eigenvalue weighted by atomic mass is 16.6. The molecule has 2 aromatic rings. The zero-order valence-electron chi connectivity index (χ0n) is 15.8. The van der Waals surface area contributed by atoms with E-state index < -0.39 is 0 Å². The lowest BCUT2D eigenvalue weighted by molar-refractivity contribution is -0.131. The first-order chi connectivity index (χ1) is 13.8. The molecule has 5 rings (SSSR count). The number of nitrogens with one attached hydrogen (secondary N) is 1. The molecule has 0 bridgehead atoms. The fourth-order valence-electron chi connectivity index (χ4n) is 4.10. The Hall–Kier alpha value is -2.67. The minimum Gasteiger partial charge on any atom is -0.486 e. The van der Waals surface area contributed by atoms with Crippen LogP contribution in [0.3, 0.4) is 0 Å². The number of carbonyl (C=O) groups is 1. The van der Waals surface area contributed by atoms with Crippen molar-refractivity contribution < 1.29 is 14.3 Å². The smallest absolute Gasteiger partial charge is 0.227 e. The Kier molecular flexibility index (Phi) is 4.60. The fourth-order valence-corrected chi connectivity index (χ4v) is 4.10. The third kappa shape index (κ3) is 3.42. The van der Waals surface area contributed by atoms with Gasteiger partial charge in [-0.3, -0.25) is 4.79 Å². The zero-order chi connectivity index (χ0) is 18.9. The summed E-state index contributed by atoms with van der Waals surface area (Å²) < 4.78 is 11.2. The molecular formula is C21H24N4O3. The first-order valence-corrected chi connectivity index (χ1v) is 10.0. The molecule has 4 heterocycles. The molecule has 28 heavy (non-hydrogen) atoms. The van der Waals surface area contributed by atoms with Gasteiger partial charge in [0.25, 0.3) is 0 Å². The van der Waals surface area contributed by atoms with Crippen LogP contribution in [0.1, 0.15) is 41.5 Å². The van der Waals surface area contributed by atoms with Crippen molar-refractivity contribution in [2.24, 2.45) is 0 Å². The minimum absolute atomic E-state index is 0.115. The molecule has 3 aliphatic heterocycles. The van der Waals surface area contributed by atoms with Crippen LogP contribution >= 0.6 is 0 Å². The minimum atomic E-state index is 0.115. The maximum absolute atomic E-state index is 12.8. The van der Waals surface area contributed by atoms with Crippen molar-refractivity contribution in [1.82, 2.24) is 20.2 Å². The van der Waals surface area contributed by atoms with Gasteiger partial charge in [-0.05, 0) is 37.1 Å². The van der Waals surface area contributed by atoms with Gasteiger partial charge in [0.1, 0.15) is 19.0 Å². The van der Waals surface area contributed by atoms with Crippen molar-refractivity contribution in [2.75, 3.05) is 26.3 Å². The second-order valence-electron chi connectivity index (χ2n) is 7.57. The van der Waals surface area contributed by atoms with Crippen LogP contribution in [0.25, 0.3) is 0 Å². The molecule has 3 aliphatic rings. The highest BCUT2D eigenvalue weighted by Gasteiger charge is 2.25. The van der Waals surface area contributed by atoms with E-state index in [2.05, 4.69) is 10.3 Å². The molecule has 7 nitrogen and oxygen atoms in total. The summed E-state index contributed by atoms with van der Waals surface area (Å²) in [4.78, 5) is 24.1. The maximum atomic E-state index is 12.8. The first-order valence-electron chi connectivity index (χ1n) is 10.0. The van der Waals surface area contributed by atoms with E-state index in [0.717, 1.165) is 53.5 Å². The molecule has 1 atom stereocenters. The number of hydrogen-bond donors (Lipinski definition) is 1. The topological polar surface area (TPSA) is 76.6 Å². The summed E-state index contributed by atoms with van der Waals surface area (Å²) in [6.07, 6.45) is 5.31. The Morgan fingerprint density at radius 2 is 2.14 bits per heavy atom. The molecule has 146 valence electrons. The summed E-state index contributed by atoms with van der Waals surface area (Å²) in [5, 5.41) is 3.45. The van der Waals surface area contributed by atoms with Crippen molar-refractivity contribution in [3.63, 3.8) is 0 Å². The van der Waals surface area contributed by atoms with Crippen LogP contribution in [0.5, 0.6) is 11.5 Å². The largest absolute Gasteiger partial charge is 0.486 e. The molecule has 1 aromatic carbocycles. The summed E-state index contributed by atoms with van der Waals surface area (Å²) in [5.74, 6) is 2.48. The lowest BCUT2D eigenvalue weighted by Crippen LogP contribution is -2.37. The molecule has 1 aromatic heterocycles. The molecule has 1 unspecified atom stereocenters. The SMILES string of the molecule is O=C(Cc1ccc2c(c1)OCCO2)N1CCc2nc(C3CCCN3)ncc2C1. The highest BCUT2D eigenvalue weighted by Crippen LogP contribution is 2.31. The Labute approximate surface area is 164 Å². The molecule has 0 aliphatic carbocycles. The van der Waals surface area contributed by atoms with Crippen LogP contribution in [0, 0.1) is 0 Å². The summed E-state index contributed by atoms with van der Waals surface area (Å²) in [6, 6.07) is 6.01. The van der Waals surface area contributed by atoms with Gasteiger partial charge in [-0.15, -0.1) is 0 Å². The molecule has 7 heteroatoms. The van der Waals surface area contributed by atoms with Gasteiger partial charge in [0.15, 0.2) is 11.5 Å². The maximum Gasteiger partial charge on any atom is 0.227 e. The molecule has 0 saturated carbocycles. The number of carbonyl (C=O) groups excluding carboxylic acids is 1. The number of amides is 1. The Morgan fingerprint density at radius 1 is 1.25 bits per heavy atom. The number of ether oxygens (including phenoxy) is 2. The molecule has 0 spiro atoms. The van der Waals surface area contributed by atoms with Gasteiger partial charge in [0, 0.05) is 31.3 Å². The molecule has 1 N–H and O–H groups in total. The van der Waals surface area contributed by atoms with E-state index in [1.54, 1.807) is 0 Å². The predicted octanol–water partition coefficient (Wildman–Crippen LogP) is 1.80. The van der Waals surface area contributed by atoms with Crippen molar-refractivity contribution in [3.8, 4) is 11.5 Å². The summed E-state index contributed by atoms with van der Waals surface area (Å²) in [6.45, 7) is 3.43. The third-order valence-electron chi connectivity index (χ3n) is 5.64. The summed E-state index contributed by atoms with van der Waals surface area (Å²) in [5.41, 5.74) is 3.09. The molecule has 1 amide bonds. The Balaban J connectivity index is 1.26. The molecule has 0 radical (unpaired) electrons. The average molecular weight is 380 g/mol. The normalized spacial score (nSPS) is 20.7. The highest BCUT2D eigenvalue weighted by molar-refractivity contribution is 5.79. The van der Waals surface area contributed by atoms with Crippen molar-refractivity contribution >= 4 is 5.91 Å². The predicted molar refractivity (Wildman–Crippen MR) is 102 cm³/mol. The Morgan fingerprint density at radius 3 is 3.00 bits per heavy atom. The monoisotopic (exact) mass is 380 g/mol.